The molecule has 1 saturated heterocycles. The van der Waals surface area contributed by atoms with Gasteiger partial charge in [0.2, 0.25) is 5.91 Å². The van der Waals surface area contributed by atoms with Crippen molar-refractivity contribution in [1.82, 2.24) is 4.90 Å². The maximum absolute atomic E-state index is 13.0. The SMILES string of the molecule is N#Cc1ccc(F)cc1CN1C(=O)CSC1=O. The van der Waals surface area contributed by atoms with E-state index in [0.717, 1.165) is 16.7 Å². The highest BCUT2D eigenvalue weighted by atomic mass is 32.2. The van der Waals surface area contributed by atoms with Gasteiger partial charge in [-0.2, -0.15) is 5.26 Å². The monoisotopic (exact) mass is 250 g/mol. The number of halogens is 1. The lowest BCUT2D eigenvalue weighted by molar-refractivity contribution is -0.125. The van der Waals surface area contributed by atoms with Gasteiger partial charge < -0.3 is 0 Å². The molecule has 4 nitrogen and oxygen atoms in total. The molecule has 0 atom stereocenters. The Bertz CT molecular complexity index is 523. The molecule has 86 valence electrons. The minimum Gasteiger partial charge on any atom is -0.273 e. The van der Waals surface area contributed by atoms with Gasteiger partial charge >= 0.3 is 0 Å². The molecule has 0 radical (unpaired) electrons. The zero-order valence-electron chi connectivity index (χ0n) is 8.64. The molecule has 0 aliphatic carbocycles. The second-order valence-corrected chi connectivity index (χ2v) is 4.37. The van der Waals surface area contributed by atoms with Crippen LogP contribution in [0, 0.1) is 17.1 Å². The molecule has 0 unspecified atom stereocenters. The quantitative estimate of drug-likeness (QED) is 0.804. The van der Waals surface area contributed by atoms with E-state index in [0.29, 0.717) is 5.56 Å². The molecule has 2 amide bonds. The van der Waals surface area contributed by atoms with Crippen LogP contribution in [-0.4, -0.2) is 21.8 Å². The number of imide groups is 1. The van der Waals surface area contributed by atoms with E-state index in [1.54, 1.807) is 0 Å². The van der Waals surface area contributed by atoms with Gasteiger partial charge in [-0.15, -0.1) is 0 Å². The standard InChI is InChI=1S/C11H7FN2O2S/c12-9-2-1-7(4-13)8(3-9)5-14-10(15)6-17-11(14)16/h1-3H,5-6H2. The summed E-state index contributed by atoms with van der Waals surface area (Å²) in [4.78, 5) is 23.8. The summed E-state index contributed by atoms with van der Waals surface area (Å²) in [5.74, 6) is -0.699. The number of nitriles is 1. The molecule has 0 N–H and O–H groups in total. The van der Waals surface area contributed by atoms with E-state index in [2.05, 4.69) is 0 Å². The lowest BCUT2D eigenvalue weighted by Crippen LogP contribution is -2.28. The lowest BCUT2D eigenvalue weighted by atomic mass is 10.1. The zero-order chi connectivity index (χ0) is 12.4. The van der Waals surface area contributed by atoms with Crippen molar-refractivity contribution in [2.75, 3.05) is 5.75 Å². The van der Waals surface area contributed by atoms with Gasteiger partial charge in [-0.05, 0) is 23.8 Å². The predicted octanol–water partition coefficient (Wildman–Crippen LogP) is 1.89. The highest BCUT2D eigenvalue weighted by Crippen LogP contribution is 2.22. The van der Waals surface area contributed by atoms with E-state index < -0.39 is 5.82 Å². The summed E-state index contributed by atoms with van der Waals surface area (Å²) in [6.07, 6.45) is 0. The first kappa shape index (κ1) is 11.6. The van der Waals surface area contributed by atoms with Gasteiger partial charge in [0, 0.05) is 0 Å². The van der Waals surface area contributed by atoms with Gasteiger partial charge in [0.15, 0.2) is 0 Å². The summed E-state index contributed by atoms with van der Waals surface area (Å²) >= 11 is 0.911. The van der Waals surface area contributed by atoms with Crippen LogP contribution in [0.1, 0.15) is 11.1 Å². The molecule has 1 fully saturated rings. The summed E-state index contributed by atoms with van der Waals surface area (Å²) < 4.78 is 13.0. The van der Waals surface area contributed by atoms with E-state index in [1.807, 2.05) is 6.07 Å². The molecule has 1 aromatic rings. The summed E-state index contributed by atoms with van der Waals surface area (Å²) in [5.41, 5.74) is 0.612. The third-order valence-electron chi connectivity index (χ3n) is 2.36. The van der Waals surface area contributed by atoms with E-state index in [1.165, 1.54) is 18.2 Å². The Morgan fingerprint density at radius 2 is 2.24 bits per heavy atom. The average Bonchev–Trinajstić information content (AvgIpc) is 2.61. The molecule has 2 rings (SSSR count). The van der Waals surface area contributed by atoms with Crippen molar-refractivity contribution in [3.05, 3.63) is 35.1 Å². The lowest BCUT2D eigenvalue weighted by Gasteiger charge is -2.13. The predicted molar refractivity (Wildman–Crippen MR) is 59.5 cm³/mol. The molecule has 17 heavy (non-hydrogen) atoms. The second kappa shape index (κ2) is 4.55. The number of thioether (sulfide) groups is 1. The Labute approximate surface area is 101 Å². The summed E-state index contributed by atoms with van der Waals surface area (Å²) in [6.45, 7) is -0.0503. The van der Waals surface area contributed by atoms with E-state index in [-0.39, 0.29) is 29.0 Å². The smallest absolute Gasteiger partial charge is 0.273 e. The maximum Gasteiger partial charge on any atom is 0.289 e. The third kappa shape index (κ3) is 2.29. The Morgan fingerprint density at radius 3 is 2.82 bits per heavy atom. The molecular weight excluding hydrogens is 243 g/mol. The maximum atomic E-state index is 13.0. The molecule has 0 bridgehead atoms. The van der Waals surface area contributed by atoms with Gasteiger partial charge in [-0.25, -0.2) is 4.39 Å². The van der Waals surface area contributed by atoms with Crippen LogP contribution in [0.25, 0.3) is 0 Å². The third-order valence-corrected chi connectivity index (χ3v) is 3.22. The fraction of sp³-hybridized carbons (Fsp3) is 0.182. The first-order chi connectivity index (χ1) is 8.11. The van der Waals surface area contributed by atoms with Crippen molar-refractivity contribution >= 4 is 22.9 Å². The fourth-order valence-electron chi connectivity index (χ4n) is 1.51. The van der Waals surface area contributed by atoms with Crippen LogP contribution in [0.5, 0.6) is 0 Å². The highest BCUT2D eigenvalue weighted by molar-refractivity contribution is 8.14. The van der Waals surface area contributed by atoms with E-state index in [4.69, 9.17) is 5.26 Å². The number of hydrogen-bond acceptors (Lipinski definition) is 4. The largest absolute Gasteiger partial charge is 0.289 e. The van der Waals surface area contributed by atoms with Crippen LogP contribution < -0.4 is 0 Å². The van der Waals surface area contributed by atoms with Gasteiger partial charge in [-0.3, -0.25) is 14.5 Å². The van der Waals surface area contributed by atoms with Gasteiger partial charge in [-0.1, -0.05) is 11.8 Å². The van der Waals surface area contributed by atoms with Crippen LogP contribution in [0.4, 0.5) is 9.18 Å². The van der Waals surface area contributed by atoms with Crippen molar-refractivity contribution in [3.8, 4) is 6.07 Å². The topological polar surface area (TPSA) is 61.2 Å². The molecule has 1 aliphatic heterocycles. The van der Waals surface area contributed by atoms with Crippen LogP contribution in [0.15, 0.2) is 18.2 Å². The van der Waals surface area contributed by atoms with E-state index >= 15 is 0 Å². The number of nitrogens with zero attached hydrogens (tertiary/aromatic N) is 2. The normalized spacial score (nSPS) is 15.2. The number of amides is 2. The zero-order valence-corrected chi connectivity index (χ0v) is 9.46. The molecule has 1 aromatic carbocycles. The molecule has 1 heterocycles. The number of benzene rings is 1. The average molecular weight is 250 g/mol. The molecule has 0 spiro atoms. The van der Waals surface area contributed by atoms with Gasteiger partial charge in [0.05, 0.1) is 23.9 Å². The van der Waals surface area contributed by atoms with Crippen molar-refractivity contribution in [1.29, 1.82) is 5.26 Å². The van der Waals surface area contributed by atoms with Crippen molar-refractivity contribution in [2.45, 2.75) is 6.54 Å². The first-order valence-corrected chi connectivity index (χ1v) is 5.76. The molecular formula is C11H7FN2O2S. The van der Waals surface area contributed by atoms with Crippen LogP contribution in [0.3, 0.4) is 0 Å². The van der Waals surface area contributed by atoms with Crippen LogP contribution >= 0.6 is 11.8 Å². The minimum atomic E-state index is -0.495. The molecule has 6 heteroatoms. The van der Waals surface area contributed by atoms with Gasteiger partial charge in [0.1, 0.15) is 5.82 Å². The Balaban J connectivity index is 2.30. The fourth-order valence-corrected chi connectivity index (χ4v) is 2.23. The summed E-state index contributed by atoms with van der Waals surface area (Å²) in [5, 5.41) is 8.49. The Kier molecular flexibility index (Phi) is 3.11. The Morgan fingerprint density at radius 1 is 1.47 bits per heavy atom. The van der Waals surface area contributed by atoms with Crippen molar-refractivity contribution in [2.24, 2.45) is 0 Å². The number of carbonyl (C=O) groups is 2. The van der Waals surface area contributed by atoms with Gasteiger partial charge in [0.25, 0.3) is 5.24 Å². The number of carbonyl (C=O) groups excluding carboxylic acids is 2. The number of hydrogen-bond donors (Lipinski definition) is 0. The van der Waals surface area contributed by atoms with Crippen LogP contribution in [-0.2, 0) is 11.3 Å². The summed E-state index contributed by atoms with van der Waals surface area (Å²) in [6, 6.07) is 5.58. The minimum absolute atomic E-state index is 0.0503. The molecule has 0 aromatic heterocycles. The van der Waals surface area contributed by atoms with Crippen molar-refractivity contribution < 1.29 is 14.0 Å². The number of rotatable bonds is 2. The second-order valence-electron chi connectivity index (χ2n) is 3.45. The first-order valence-electron chi connectivity index (χ1n) is 4.77. The highest BCUT2D eigenvalue weighted by Gasteiger charge is 2.30. The Hall–Kier alpha value is -1.87. The van der Waals surface area contributed by atoms with E-state index in [9.17, 15) is 14.0 Å². The molecule has 0 saturated carbocycles. The van der Waals surface area contributed by atoms with Crippen LogP contribution in [0.2, 0.25) is 0 Å². The van der Waals surface area contributed by atoms with Crippen molar-refractivity contribution in [3.63, 3.8) is 0 Å². The summed E-state index contributed by atoms with van der Waals surface area (Å²) in [7, 11) is 0. The molecule has 1 aliphatic rings.